The maximum absolute atomic E-state index is 2.70. The molecule has 0 fully saturated rings. The van der Waals surface area contributed by atoms with E-state index in [1.807, 2.05) is 0 Å². The summed E-state index contributed by atoms with van der Waals surface area (Å²) in [5.41, 5.74) is 23.6. The van der Waals surface area contributed by atoms with Gasteiger partial charge >= 0.3 is 0 Å². The fourth-order valence-corrected chi connectivity index (χ4v) is 14.0. The summed E-state index contributed by atoms with van der Waals surface area (Å²) in [7, 11) is 0. The number of aromatic nitrogens is 3. The predicted octanol–water partition coefficient (Wildman–Crippen LogP) is 15.5. The monoisotopic (exact) mass is 889 g/mol. The van der Waals surface area contributed by atoms with Crippen LogP contribution >= 0.6 is 0 Å². The van der Waals surface area contributed by atoms with Gasteiger partial charge in [-0.05, 0) is 120 Å². The highest BCUT2D eigenvalue weighted by Gasteiger charge is 2.42. The van der Waals surface area contributed by atoms with Crippen LogP contribution in [0.4, 0.5) is 0 Å². The van der Waals surface area contributed by atoms with Gasteiger partial charge in [0.1, 0.15) is 0 Å². The minimum Gasteiger partial charge on any atom is -0.309 e. The minimum atomic E-state index is 0.0194. The molecule has 0 spiro atoms. The number of hydrogen-bond donors (Lipinski definition) is 0. The average molecular weight is 890 g/mol. The molecule has 3 aromatic heterocycles. The number of rotatable bonds is 3. The van der Waals surface area contributed by atoms with Crippen molar-refractivity contribution in [3.05, 3.63) is 193 Å². The second-order valence-corrected chi connectivity index (χ2v) is 21.1. The molecular weight excluding hydrogens is 846 g/mol. The topological polar surface area (TPSA) is 14.8 Å². The first-order valence-electron chi connectivity index (χ1n) is 25.2. The summed E-state index contributed by atoms with van der Waals surface area (Å²) in [6, 6.07) is 70.6. The molecule has 0 radical (unpaired) electrons. The van der Waals surface area contributed by atoms with Gasteiger partial charge in [-0.25, -0.2) is 0 Å². The van der Waals surface area contributed by atoms with Gasteiger partial charge < -0.3 is 13.7 Å². The largest absolute Gasteiger partial charge is 0.309 e. The minimum absolute atomic E-state index is 0.0194. The Balaban J connectivity index is 1.12. The van der Waals surface area contributed by atoms with Gasteiger partial charge in [0.15, 0.2) is 0 Å². The van der Waals surface area contributed by atoms with Gasteiger partial charge in [-0.1, -0.05) is 173 Å². The predicted molar refractivity (Wildman–Crippen MR) is 299 cm³/mol. The van der Waals surface area contributed by atoms with E-state index < -0.39 is 0 Å². The van der Waals surface area contributed by atoms with Crippen LogP contribution < -0.4 is 16.4 Å². The first-order chi connectivity index (χ1) is 34.4. The van der Waals surface area contributed by atoms with Gasteiger partial charge in [-0.15, -0.1) is 0 Å². The van der Waals surface area contributed by atoms with Gasteiger partial charge in [-0.2, -0.15) is 0 Å². The van der Waals surface area contributed by atoms with Gasteiger partial charge in [0.2, 0.25) is 0 Å². The van der Waals surface area contributed by atoms with Crippen LogP contribution in [0.15, 0.2) is 182 Å². The fourth-order valence-electron chi connectivity index (χ4n) is 14.0. The first kappa shape index (κ1) is 37.6. The summed E-state index contributed by atoms with van der Waals surface area (Å²) >= 11 is 0. The normalized spacial score (nSPS) is 13.4. The van der Waals surface area contributed by atoms with Crippen LogP contribution in [0.5, 0.6) is 0 Å². The molecule has 3 aliphatic rings. The molecule has 0 N–H and O–H groups in total. The van der Waals surface area contributed by atoms with Crippen LogP contribution in [0.2, 0.25) is 0 Å². The summed E-state index contributed by atoms with van der Waals surface area (Å²) < 4.78 is 8.02. The lowest BCUT2D eigenvalue weighted by Crippen LogP contribution is -2.59. The number of hydrogen-bond acceptors (Lipinski definition) is 0. The van der Waals surface area contributed by atoms with E-state index in [1.54, 1.807) is 0 Å². The summed E-state index contributed by atoms with van der Waals surface area (Å²) in [4.78, 5) is 0. The molecule has 1 aliphatic carbocycles. The highest BCUT2D eigenvalue weighted by molar-refractivity contribution is 7.00. The molecule has 4 heteroatoms. The Morgan fingerprint density at radius 2 is 0.829 bits per heavy atom. The van der Waals surface area contributed by atoms with Crippen LogP contribution in [0, 0.1) is 0 Å². The molecule has 11 aromatic carbocycles. The lowest BCUT2D eigenvalue weighted by Gasteiger charge is -2.35. The molecule has 5 heterocycles. The van der Waals surface area contributed by atoms with E-state index in [4.69, 9.17) is 0 Å². The Labute approximate surface area is 404 Å². The molecule has 17 rings (SSSR count). The third-order valence-electron chi connectivity index (χ3n) is 17.0. The SMILES string of the molecule is CC(C)c1cc2c3c(c1)c1ccc4ccccc4c1n3-c1cc(-n3c4cccc5c4c4c6c(cccc6ccc43)-c3ccccc3-5)cc3c1B2c1cc(C(C)C)cc2c4ccc5ccccc5c4n-3c12. The van der Waals surface area contributed by atoms with Crippen LogP contribution in [-0.4, -0.2) is 20.4 Å². The van der Waals surface area contributed by atoms with Gasteiger partial charge in [0, 0.05) is 65.5 Å². The third kappa shape index (κ3) is 4.41. The van der Waals surface area contributed by atoms with Crippen molar-refractivity contribution in [1.82, 2.24) is 13.7 Å². The molecular formula is C66H44BN3. The molecule has 0 saturated carbocycles. The van der Waals surface area contributed by atoms with Crippen molar-refractivity contribution in [1.29, 1.82) is 0 Å². The average Bonchev–Trinajstić information content (AvgIpc) is 4.02. The zero-order chi connectivity index (χ0) is 46.0. The van der Waals surface area contributed by atoms with E-state index in [0.717, 1.165) is 0 Å². The van der Waals surface area contributed by atoms with Crippen molar-refractivity contribution >= 4 is 121 Å². The van der Waals surface area contributed by atoms with Crippen molar-refractivity contribution < 1.29 is 0 Å². The molecule has 3 nitrogen and oxygen atoms in total. The molecule has 14 aromatic rings. The van der Waals surface area contributed by atoms with E-state index in [9.17, 15) is 0 Å². The Kier molecular flexibility index (Phi) is 6.90. The molecule has 0 bridgehead atoms. The van der Waals surface area contributed by atoms with Crippen LogP contribution in [0.25, 0.3) is 137 Å². The molecule has 2 aliphatic heterocycles. The molecule has 70 heavy (non-hydrogen) atoms. The molecule has 0 atom stereocenters. The number of nitrogens with zero attached hydrogens (tertiary/aromatic N) is 3. The van der Waals surface area contributed by atoms with Crippen LogP contribution in [-0.2, 0) is 0 Å². The van der Waals surface area contributed by atoms with E-state index in [0.29, 0.717) is 11.8 Å². The Morgan fingerprint density at radius 3 is 1.41 bits per heavy atom. The van der Waals surface area contributed by atoms with Crippen molar-refractivity contribution in [2.45, 2.75) is 39.5 Å². The lowest BCUT2D eigenvalue weighted by atomic mass is 9.34. The second-order valence-electron chi connectivity index (χ2n) is 21.1. The van der Waals surface area contributed by atoms with E-state index in [2.05, 4.69) is 223 Å². The zero-order valence-electron chi connectivity index (χ0n) is 39.4. The van der Waals surface area contributed by atoms with Gasteiger partial charge in [-0.3, -0.25) is 0 Å². The zero-order valence-corrected chi connectivity index (χ0v) is 39.4. The smallest absolute Gasteiger partial charge is 0.252 e. The van der Waals surface area contributed by atoms with E-state index >= 15 is 0 Å². The summed E-state index contributed by atoms with van der Waals surface area (Å²) in [5.74, 6) is 0.725. The summed E-state index contributed by atoms with van der Waals surface area (Å²) in [6.07, 6.45) is 0. The molecule has 0 saturated heterocycles. The Hall–Kier alpha value is -8.34. The maximum atomic E-state index is 2.70. The Morgan fingerprint density at radius 1 is 0.343 bits per heavy atom. The highest BCUT2D eigenvalue weighted by atomic mass is 15.1. The van der Waals surface area contributed by atoms with Crippen LogP contribution in [0.1, 0.15) is 50.7 Å². The first-order valence-corrected chi connectivity index (χ1v) is 25.2. The van der Waals surface area contributed by atoms with Crippen molar-refractivity contribution in [3.8, 4) is 39.3 Å². The lowest BCUT2D eigenvalue weighted by molar-refractivity contribution is 0.869. The number of fused-ring (bicyclic) bond motifs is 17. The summed E-state index contributed by atoms with van der Waals surface area (Å²) in [5, 5.41) is 15.7. The van der Waals surface area contributed by atoms with Crippen molar-refractivity contribution in [2.75, 3.05) is 0 Å². The van der Waals surface area contributed by atoms with Gasteiger partial charge in [0.25, 0.3) is 6.71 Å². The third-order valence-corrected chi connectivity index (χ3v) is 17.0. The Bertz CT molecular complexity index is 4590. The molecule has 326 valence electrons. The molecule has 0 unspecified atom stereocenters. The number of benzene rings is 11. The fraction of sp³-hybridized carbons (Fsp3) is 0.0909. The second kappa shape index (κ2) is 12.8. The highest BCUT2D eigenvalue weighted by Crippen LogP contribution is 2.51. The van der Waals surface area contributed by atoms with Crippen LogP contribution in [0.3, 0.4) is 0 Å². The van der Waals surface area contributed by atoms with Crippen molar-refractivity contribution in [3.63, 3.8) is 0 Å². The van der Waals surface area contributed by atoms with Crippen molar-refractivity contribution in [2.24, 2.45) is 0 Å². The quantitative estimate of drug-likeness (QED) is 0.157. The van der Waals surface area contributed by atoms with Gasteiger partial charge in [0.05, 0.1) is 27.8 Å². The maximum Gasteiger partial charge on any atom is 0.252 e. The molecule has 0 amide bonds. The van der Waals surface area contributed by atoms with E-state index in [1.165, 1.54) is 165 Å². The standard InChI is InChI=1S/C66H44BN3/c1-35(2)40-29-51-49-26-23-37-13-5-7-16-43(37)63(49)69-57-33-42(68-55-22-12-21-48-46-19-10-9-18-45(46)47-20-11-15-39-25-28-56(68)61(59(39)47)60(48)55)34-58-62(57)67(53(31-40)65(51)69)54-32-41(36(3)4)30-52-50-27-24-38-14-6-8-17-44(38)64(50)70(58)66(52)54/h5-36H,1-4H3. The summed E-state index contributed by atoms with van der Waals surface area (Å²) in [6.45, 7) is 9.46. The van der Waals surface area contributed by atoms with E-state index in [-0.39, 0.29) is 6.71 Å².